The zero-order valence-electron chi connectivity index (χ0n) is 23.7. The summed E-state index contributed by atoms with van der Waals surface area (Å²) >= 11 is 6.29. The molecule has 0 unspecified atom stereocenters. The first-order chi connectivity index (χ1) is 20.7. The third kappa shape index (κ3) is 7.23. The van der Waals surface area contributed by atoms with E-state index in [-0.39, 0.29) is 4.90 Å². The number of carbonyl (C=O) groups excluding carboxylic acids is 1. The molecule has 0 aliphatic rings. The van der Waals surface area contributed by atoms with E-state index in [0.29, 0.717) is 28.6 Å². The van der Waals surface area contributed by atoms with E-state index in [1.54, 1.807) is 37.3 Å². The minimum atomic E-state index is -4.08. The molecule has 0 atom stereocenters. The average molecular weight is 612 g/mol. The lowest BCUT2D eigenvalue weighted by molar-refractivity contribution is -0.119. The third-order valence-corrected chi connectivity index (χ3v) is 9.09. The summed E-state index contributed by atoms with van der Waals surface area (Å²) in [6, 6.07) is 33.1. The highest BCUT2D eigenvalue weighted by atomic mass is 35.5. The molecule has 0 spiro atoms. The number of hydrogen-bond donors (Lipinski definition) is 1. The number of aryl methyl sites for hydroxylation is 1. The summed E-state index contributed by atoms with van der Waals surface area (Å²) in [6.45, 7) is 3.52. The Morgan fingerprint density at radius 2 is 1.60 bits per heavy atom. The Bertz CT molecular complexity index is 1890. The molecule has 0 saturated carbocycles. The van der Waals surface area contributed by atoms with Gasteiger partial charge in [0.1, 0.15) is 18.9 Å². The normalized spacial score (nSPS) is 11.5. The maximum atomic E-state index is 13.6. The summed E-state index contributed by atoms with van der Waals surface area (Å²) < 4.78 is 34.2. The molecule has 218 valence electrons. The first-order valence-corrected chi connectivity index (χ1v) is 15.4. The summed E-state index contributed by atoms with van der Waals surface area (Å²) in [5.41, 5.74) is 6.00. The highest BCUT2D eigenvalue weighted by Gasteiger charge is 2.28. The molecule has 0 radical (unpaired) electrons. The van der Waals surface area contributed by atoms with Gasteiger partial charge in [-0.1, -0.05) is 71.8 Å². The van der Waals surface area contributed by atoms with Crippen LogP contribution in [0, 0.1) is 13.8 Å². The maximum absolute atomic E-state index is 13.6. The van der Waals surface area contributed by atoms with Crippen molar-refractivity contribution in [1.82, 2.24) is 5.43 Å². The largest absolute Gasteiger partial charge is 0.489 e. The summed E-state index contributed by atoms with van der Waals surface area (Å²) in [7, 11) is -4.08. The van der Waals surface area contributed by atoms with Crippen LogP contribution < -0.4 is 14.5 Å². The minimum Gasteiger partial charge on any atom is -0.489 e. The van der Waals surface area contributed by atoms with Crippen LogP contribution in [0.25, 0.3) is 10.8 Å². The molecule has 0 aromatic heterocycles. The highest BCUT2D eigenvalue weighted by molar-refractivity contribution is 7.92. The van der Waals surface area contributed by atoms with E-state index >= 15 is 0 Å². The molecule has 0 bridgehead atoms. The second-order valence-corrected chi connectivity index (χ2v) is 12.3. The van der Waals surface area contributed by atoms with Gasteiger partial charge < -0.3 is 4.74 Å². The molecule has 1 amide bonds. The third-order valence-electron chi connectivity index (χ3n) is 6.91. The Morgan fingerprint density at radius 1 is 0.884 bits per heavy atom. The molecule has 0 fully saturated rings. The number of fused-ring (bicyclic) bond motifs is 1. The Labute approximate surface area is 256 Å². The average Bonchev–Trinajstić information content (AvgIpc) is 3.01. The maximum Gasteiger partial charge on any atom is 0.264 e. The van der Waals surface area contributed by atoms with Gasteiger partial charge in [-0.15, -0.1) is 0 Å². The van der Waals surface area contributed by atoms with Gasteiger partial charge in [0.15, 0.2) is 0 Å². The lowest BCUT2D eigenvalue weighted by atomic mass is 10.1. The van der Waals surface area contributed by atoms with Crippen LogP contribution in [0.4, 0.5) is 5.69 Å². The number of nitrogens with one attached hydrogen (secondary N) is 1. The molecule has 0 heterocycles. The Balaban J connectivity index is 1.23. The van der Waals surface area contributed by atoms with E-state index in [4.69, 9.17) is 16.3 Å². The standard InChI is InChI=1S/C34H30ClN3O4S/c1-24-10-18-31(19-11-24)43(40,41)38(33-9-5-8-32(35)25(33)2)22-34(39)37-36-21-26-13-16-30(17-14-26)42-23-27-12-15-28-6-3-4-7-29(28)20-27/h3-21H,22-23H2,1-2H3,(H,37,39)/b36-21-. The number of amides is 1. The molecule has 5 aromatic carbocycles. The van der Waals surface area contributed by atoms with Crippen molar-refractivity contribution in [1.29, 1.82) is 0 Å². The van der Waals surface area contributed by atoms with Crippen molar-refractivity contribution < 1.29 is 17.9 Å². The molecule has 0 saturated heterocycles. The second-order valence-electron chi connectivity index (χ2n) is 10.0. The lowest BCUT2D eigenvalue weighted by Crippen LogP contribution is -2.40. The number of hydrazone groups is 1. The van der Waals surface area contributed by atoms with Gasteiger partial charge in [-0.2, -0.15) is 5.10 Å². The molecule has 43 heavy (non-hydrogen) atoms. The number of hydrogen-bond acceptors (Lipinski definition) is 5. The number of sulfonamides is 1. The van der Waals surface area contributed by atoms with Gasteiger partial charge >= 0.3 is 0 Å². The molecular weight excluding hydrogens is 582 g/mol. The molecule has 7 nitrogen and oxygen atoms in total. The van der Waals surface area contributed by atoms with Gasteiger partial charge in [-0.05, 0) is 95.9 Å². The summed E-state index contributed by atoms with van der Waals surface area (Å²) in [6.07, 6.45) is 1.48. The van der Waals surface area contributed by atoms with Crippen LogP contribution in [-0.4, -0.2) is 27.1 Å². The van der Waals surface area contributed by atoms with Crippen molar-refractivity contribution in [2.45, 2.75) is 25.3 Å². The van der Waals surface area contributed by atoms with Crippen molar-refractivity contribution in [2.75, 3.05) is 10.8 Å². The number of halogens is 1. The monoisotopic (exact) mass is 611 g/mol. The second kappa shape index (κ2) is 13.1. The fraction of sp³-hybridized carbons (Fsp3) is 0.118. The van der Waals surface area contributed by atoms with Gasteiger partial charge in [-0.25, -0.2) is 13.8 Å². The fourth-order valence-electron chi connectivity index (χ4n) is 4.49. The quantitative estimate of drug-likeness (QED) is 0.136. The van der Waals surface area contributed by atoms with E-state index in [2.05, 4.69) is 34.8 Å². The van der Waals surface area contributed by atoms with E-state index < -0.39 is 22.5 Å². The first-order valence-electron chi connectivity index (χ1n) is 13.6. The molecule has 5 aromatic rings. The van der Waals surface area contributed by atoms with Crippen molar-refractivity contribution >= 4 is 50.2 Å². The minimum absolute atomic E-state index is 0.0664. The lowest BCUT2D eigenvalue weighted by Gasteiger charge is -2.25. The van der Waals surface area contributed by atoms with Gasteiger partial charge in [0.2, 0.25) is 0 Å². The molecular formula is C34H30ClN3O4S. The van der Waals surface area contributed by atoms with E-state index in [1.165, 1.54) is 23.7 Å². The van der Waals surface area contributed by atoms with Crippen molar-refractivity contribution in [3.05, 3.63) is 136 Å². The van der Waals surface area contributed by atoms with Gasteiger partial charge in [0.25, 0.3) is 15.9 Å². The van der Waals surface area contributed by atoms with Crippen molar-refractivity contribution in [3.8, 4) is 5.75 Å². The molecule has 5 rings (SSSR count). The molecule has 0 aliphatic heterocycles. The topological polar surface area (TPSA) is 88.1 Å². The molecule has 1 N–H and O–H groups in total. The van der Waals surface area contributed by atoms with Crippen LogP contribution in [-0.2, 0) is 21.4 Å². The molecule has 9 heteroatoms. The molecule has 0 aliphatic carbocycles. The van der Waals surface area contributed by atoms with Crippen molar-refractivity contribution in [3.63, 3.8) is 0 Å². The number of ether oxygens (including phenoxy) is 1. The fourth-order valence-corrected chi connectivity index (χ4v) is 6.14. The summed E-state index contributed by atoms with van der Waals surface area (Å²) in [4.78, 5) is 13.0. The van der Waals surface area contributed by atoms with Crippen LogP contribution in [0.3, 0.4) is 0 Å². The van der Waals surface area contributed by atoms with Gasteiger partial charge in [0.05, 0.1) is 16.8 Å². The number of anilines is 1. The van der Waals surface area contributed by atoms with E-state index in [1.807, 2.05) is 49.4 Å². The Morgan fingerprint density at radius 3 is 2.35 bits per heavy atom. The number of benzene rings is 5. The van der Waals surface area contributed by atoms with Gasteiger partial charge in [0, 0.05) is 5.02 Å². The highest BCUT2D eigenvalue weighted by Crippen LogP contribution is 2.31. The SMILES string of the molecule is Cc1ccc(S(=O)(=O)N(CC(=O)N/N=C\c2ccc(OCc3ccc4ccccc4c3)cc2)c2cccc(Cl)c2C)cc1. The number of nitrogens with zero attached hydrogens (tertiary/aromatic N) is 2. The number of rotatable bonds is 10. The van der Waals surface area contributed by atoms with Gasteiger partial charge in [-0.3, -0.25) is 9.10 Å². The summed E-state index contributed by atoms with van der Waals surface area (Å²) in [5, 5.41) is 6.77. The predicted molar refractivity (Wildman–Crippen MR) is 172 cm³/mol. The van der Waals surface area contributed by atoms with Crippen LogP contribution in [0.1, 0.15) is 22.3 Å². The Hall–Kier alpha value is -4.66. The predicted octanol–water partition coefficient (Wildman–Crippen LogP) is 7.03. The Kier molecular flexibility index (Phi) is 9.09. The number of carbonyl (C=O) groups is 1. The van der Waals surface area contributed by atoms with Crippen LogP contribution in [0.2, 0.25) is 5.02 Å². The summed E-state index contributed by atoms with van der Waals surface area (Å²) in [5.74, 6) is 0.0878. The van der Waals surface area contributed by atoms with Crippen molar-refractivity contribution in [2.24, 2.45) is 5.10 Å². The van der Waals surface area contributed by atoms with Crippen LogP contribution >= 0.6 is 11.6 Å². The van der Waals surface area contributed by atoms with E-state index in [9.17, 15) is 13.2 Å². The zero-order valence-corrected chi connectivity index (χ0v) is 25.3. The van der Waals surface area contributed by atoms with Crippen LogP contribution in [0.15, 0.2) is 119 Å². The first kappa shape index (κ1) is 29.8. The van der Waals surface area contributed by atoms with E-state index in [0.717, 1.165) is 26.4 Å². The zero-order chi connectivity index (χ0) is 30.4. The smallest absolute Gasteiger partial charge is 0.264 e. The van der Waals surface area contributed by atoms with Crippen LogP contribution in [0.5, 0.6) is 5.75 Å².